The Morgan fingerprint density at radius 1 is 1.42 bits per heavy atom. The molecule has 1 unspecified atom stereocenters. The van der Waals surface area contributed by atoms with Crippen LogP contribution in [0.1, 0.15) is 37.3 Å². The van der Waals surface area contributed by atoms with Crippen LogP contribution in [0, 0.1) is 0 Å². The van der Waals surface area contributed by atoms with E-state index in [9.17, 15) is 0 Å². The Morgan fingerprint density at radius 2 is 2.21 bits per heavy atom. The fourth-order valence-electron chi connectivity index (χ4n) is 2.07. The van der Waals surface area contributed by atoms with E-state index in [2.05, 4.69) is 34.2 Å². The molecule has 0 saturated heterocycles. The van der Waals surface area contributed by atoms with E-state index >= 15 is 0 Å². The van der Waals surface area contributed by atoms with Crippen LogP contribution in [-0.4, -0.2) is 26.8 Å². The minimum atomic E-state index is 0.0946. The lowest BCUT2D eigenvalue weighted by Gasteiger charge is -2.18. The minimum absolute atomic E-state index is 0.0946. The van der Waals surface area contributed by atoms with Gasteiger partial charge in [0.1, 0.15) is 12.2 Å². The molecule has 2 heterocycles. The van der Waals surface area contributed by atoms with Gasteiger partial charge in [0, 0.05) is 30.9 Å². The molecule has 1 N–H and O–H groups in total. The first-order chi connectivity index (χ1) is 9.13. The van der Waals surface area contributed by atoms with Crippen LogP contribution in [0.5, 0.6) is 0 Å². The predicted molar refractivity (Wildman–Crippen MR) is 75.2 cm³/mol. The molecule has 5 nitrogen and oxygen atoms in total. The first kappa shape index (κ1) is 14.0. The number of hydrogen-bond acceptors (Lipinski definition) is 4. The highest BCUT2D eigenvalue weighted by molar-refractivity contribution is 6.31. The van der Waals surface area contributed by atoms with Gasteiger partial charge in [0.25, 0.3) is 0 Å². The summed E-state index contributed by atoms with van der Waals surface area (Å²) in [7, 11) is 1.91. The highest BCUT2D eigenvalue weighted by atomic mass is 35.5. The second-order valence-electron chi connectivity index (χ2n) is 4.66. The van der Waals surface area contributed by atoms with Crippen molar-refractivity contribution in [3.8, 4) is 0 Å². The maximum atomic E-state index is 6.19. The van der Waals surface area contributed by atoms with Crippen molar-refractivity contribution in [2.45, 2.75) is 32.4 Å². The van der Waals surface area contributed by atoms with Gasteiger partial charge in [-0.2, -0.15) is 5.10 Å². The molecule has 2 aromatic rings. The van der Waals surface area contributed by atoms with Gasteiger partial charge in [-0.25, -0.2) is 9.67 Å². The van der Waals surface area contributed by atoms with Gasteiger partial charge in [-0.3, -0.25) is 4.98 Å². The Kier molecular flexibility index (Phi) is 4.50. The zero-order valence-electron chi connectivity index (χ0n) is 11.3. The normalized spacial score (nSPS) is 12.9. The van der Waals surface area contributed by atoms with Gasteiger partial charge in [-0.1, -0.05) is 11.6 Å². The van der Waals surface area contributed by atoms with Crippen LogP contribution in [0.25, 0.3) is 0 Å². The molecule has 2 aromatic heterocycles. The molecule has 1 atom stereocenters. The fraction of sp³-hybridized carbons (Fsp3) is 0.462. The number of likely N-dealkylation sites (N-methyl/N-ethyl adjacent to an activating group) is 1. The zero-order valence-corrected chi connectivity index (χ0v) is 12.1. The van der Waals surface area contributed by atoms with Gasteiger partial charge < -0.3 is 5.32 Å². The van der Waals surface area contributed by atoms with Crippen molar-refractivity contribution >= 4 is 11.6 Å². The molecule has 6 heteroatoms. The lowest BCUT2D eigenvalue weighted by molar-refractivity contribution is 0.478. The molecule has 0 aromatic carbocycles. The smallest absolute Gasteiger partial charge is 0.138 e. The predicted octanol–water partition coefficient (Wildman–Crippen LogP) is 2.41. The number of nitrogens with one attached hydrogen (secondary N) is 1. The molecule has 0 bridgehead atoms. The van der Waals surface area contributed by atoms with E-state index in [0.717, 1.165) is 17.8 Å². The van der Waals surface area contributed by atoms with Gasteiger partial charge in [0.2, 0.25) is 0 Å². The van der Waals surface area contributed by atoms with Gasteiger partial charge in [0.05, 0.1) is 5.02 Å². The van der Waals surface area contributed by atoms with Gasteiger partial charge in [-0.05, 0) is 32.5 Å². The molecule has 0 saturated carbocycles. The summed E-state index contributed by atoms with van der Waals surface area (Å²) in [5.41, 5.74) is 1.03. The van der Waals surface area contributed by atoms with Crippen molar-refractivity contribution in [3.63, 3.8) is 0 Å². The third kappa shape index (κ3) is 3.11. The molecule has 0 fully saturated rings. The van der Waals surface area contributed by atoms with Crippen LogP contribution < -0.4 is 5.32 Å². The SMILES string of the molecule is CNC(Cc1ncnn1C(C)C)c1ccncc1Cl. The van der Waals surface area contributed by atoms with E-state index < -0.39 is 0 Å². The molecule has 19 heavy (non-hydrogen) atoms. The van der Waals surface area contributed by atoms with Crippen molar-refractivity contribution in [1.29, 1.82) is 0 Å². The van der Waals surface area contributed by atoms with Gasteiger partial charge in [0.15, 0.2) is 0 Å². The summed E-state index contributed by atoms with van der Waals surface area (Å²) in [4.78, 5) is 8.35. The molecule has 0 aliphatic heterocycles. The van der Waals surface area contributed by atoms with E-state index in [1.807, 2.05) is 17.8 Å². The maximum Gasteiger partial charge on any atom is 0.138 e. The number of rotatable bonds is 5. The average molecular weight is 280 g/mol. The van der Waals surface area contributed by atoms with Crippen LogP contribution in [0.3, 0.4) is 0 Å². The molecule has 0 aliphatic rings. The number of aromatic nitrogens is 4. The highest BCUT2D eigenvalue weighted by Crippen LogP contribution is 2.24. The van der Waals surface area contributed by atoms with Crippen LogP contribution in [0.15, 0.2) is 24.8 Å². The second-order valence-corrected chi connectivity index (χ2v) is 5.06. The number of halogens is 1. The van der Waals surface area contributed by atoms with E-state index in [4.69, 9.17) is 11.6 Å². The van der Waals surface area contributed by atoms with Crippen molar-refractivity contribution in [2.24, 2.45) is 0 Å². The Morgan fingerprint density at radius 3 is 2.84 bits per heavy atom. The highest BCUT2D eigenvalue weighted by Gasteiger charge is 2.17. The number of nitrogens with zero attached hydrogens (tertiary/aromatic N) is 4. The fourth-order valence-corrected chi connectivity index (χ4v) is 2.32. The van der Waals surface area contributed by atoms with Crippen molar-refractivity contribution < 1.29 is 0 Å². The Bertz CT molecular complexity index is 537. The monoisotopic (exact) mass is 279 g/mol. The quantitative estimate of drug-likeness (QED) is 0.913. The summed E-state index contributed by atoms with van der Waals surface area (Å²) < 4.78 is 1.93. The second kappa shape index (κ2) is 6.12. The van der Waals surface area contributed by atoms with Crippen LogP contribution in [0.4, 0.5) is 0 Å². The summed E-state index contributed by atoms with van der Waals surface area (Å²) >= 11 is 6.19. The van der Waals surface area contributed by atoms with Crippen LogP contribution in [-0.2, 0) is 6.42 Å². The molecule has 0 radical (unpaired) electrons. The lowest BCUT2D eigenvalue weighted by atomic mass is 10.0. The summed E-state index contributed by atoms with van der Waals surface area (Å²) in [6.45, 7) is 4.18. The molecular weight excluding hydrogens is 262 g/mol. The summed E-state index contributed by atoms with van der Waals surface area (Å²) in [6.07, 6.45) is 5.74. The Balaban J connectivity index is 2.25. The Labute approximate surface area is 118 Å². The number of pyridine rings is 1. The van der Waals surface area contributed by atoms with Crippen molar-refractivity contribution in [3.05, 3.63) is 41.2 Å². The summed E-state index contributed by atoms with van der Waals surface area (Å²) in [6, 6.07) is 2.32. The molecule has 0 amide bonds. The molecule has 0 aliphatic carbocycles. The van der Waals surface area contributed by atoms with Crippen molar-refractivity contribution in [2.75, 3.05) is 7.05 Å². The maximum absolute atomic E-state index is 6.19. The minimum Gasteiger partial charge on any atom is -0.313 e. The van der Waals surface area contributed by atoms with E-state index in [1.165, 1.54) is 0 Å². The van der Waals surface area contributed by atoms with Crippen LogP contribution in [0.2, 0.25) is 5.02 Å². The van der Waals surface area contributed by atoms with E-state index in [-0.39, 0.29) is 6.04 Å². The zero-order chi connectivity index (χ0) is 13.8. The Hall–Kier alpha value is -1.46. The lowest BCUT2D eigenvalue weighted by Crippen LogP contribution is -2.22. The summed E-state index contributed by atoms with van der Waals surface area (Å²) in [5.74, 6) is 0.947. The van der Waals surface area contributed by atoms with Gasteiger partial charge in [-0.15, -0.1) is 0 Å². The average Bonchev–Trinajstić information content (AvgIpc) is 2.85. The number of hydrogen-bond donors (Lipinski definition) is 1. The third-order valence-corrected chi connectivity index (χ3v) is 3.37. The van der Waals surface area contributed by atoms with Gasteiger partial charge >= 0.3 is 0 Å². The molecular formula is C13H18ClN5. The molecule has 0 spiro atoms. The van der Waals surface area contributed by atoms with Crippen molar-refractivity contribution in [1.82, 2.24) is 25.1 Å². The van der Waals surface area contributed by atoms with Crippen LogP contribution >= 0.6 is 11.6 Å². The standard InChI is InChI=1S/C13H18ClN5/c1-9(2)19-13(17-8-18-19)6-12(15-3)10-4-5-16-7-11(10)14/h4-5,7-9,12,15H,6H2,1-3H3. The van der Waals surface area contributed by atoms with E-state index in [0.29, 0.717) is 11.1 Å². The summed E-state index contributed by atoms with van der Waals surface area (Å²) in [5, 5.41) is 8.19. The van der Waals surface area contributed by atoms with E-state index in [1.54, 1.807) is 18.7 Å². The molecule has 2 rings (SSSR count). The topological polar surface area (TPSA) is 55.6 Å². The molecule has 102 valence electrons. The first-order valence-electron chi connectivity index (χ1n) is 6.28. The third-order valence-electron chi connectivity index (χ3n) is 3.05. The largest absolute Gasteiger partial charge is 0.313 e. The first-order valence-corrected chi connectivity index (χ1v) is 6.66.